The van der Waals surface area contributed by atoms with Crippen LogP contribution in [0.15, 0.2) is 41.5 Å². The van der Waals surface area contributed by atoms with Crippen LogP contribution in [0.5, 0.6) is 5.75 Å². The summed E-state index contributed by atoms with van der Waals surface area (Å²) in [7, 11) is 1.72. The average Bonchev–Trinajstić information content (AvgIpc) is 3.27. The second-order valence-electron chi connectivity index (χ2n) is 7.40. The molecule has 6 heteroatoms. The van der Waals surface area contributed by atoms with Crippen LogP contribution in [0.4, 0.5) is 5.82 Å². The van der Waals surface area contributed by atoms with Crippen molar-refractivity contribution < 1.29 is 4.74 Å². The summed E-state index contributed by atoms with van der Waals surface area (Å²) in [5, 5.41) is 6.77. The lowest BCUT2D eigenvalue weighted by atomic mass is 10.1. The van der Waals surface area contributed by atoms with Crippen LogP contribution in [0.2, 0.25) is 0 Å². The third-order valence-electron chi connectivity index (χ3n) is 5.13. The lowest BCUT2D eigenvalue weighted by Crippen LogP contribution is -2.38. The SMILES string of the molecule is CCNC(=NCc1ccnc(N2CCCC2)c1)NCCc1cc(C)ccc1OC. The van der Waals surface area contributed by atoms with Crippen molar-refractivity contribution in [3.8, 4) is 5.75 Å². The highest BCUT2D eigenvalue weighted by Gasteiger charge is 2.13. The van der Waals surface area contributed by atoms with Gasteiger partial charge < -0.3 is 20.3 Å². The summed E-state index contributed by atoms with van der Waals surface area (Å²) in [6, 6.07) is 10.5. The minimum Gasteiger partial charge on any atom is -0.496 e. The van der Waals surface area contributed by atoms with E-state index in [4.69, 9.17) is 9.73 Å². The first-order chi connectivity index (χ1) is 14.2. The summed E-state index contributed by atoms with van der Waals surface area (Å²) in [6.45, 7) is 8.65. The predicted molar refractivity (Wildman–Crippen MR) is 120 cm³/mol. The fraction of sp³-hybridized carbons (Fsp3) is 0.478. The molecule has 0 aliphatic carbocycles. The molecular formula is C23H33N5O. The maximum absolute atomic E-state index is 5.48. The molecule has 6 nitrogen and oxygen atoms in total. The molecule has 1 aliphatic rings. The fourth-order valence-corrected chi connectivity index (χ4v) is 3.61. The first-order valence-electron chi connectivity index (χ1n) is 10.5. The summed E-state index contributed by atoms with van der Waals surface area (Å²) in [6.07, 6.45) is 5.28. The largest absolute Gasteiger partial charge is 0.496 e. The van der Waals surface area contributed by atoms with Gasteiger partial charge in [-0.25, -0.2) is 9.98 Å². The molecule has 1 fully saturated rings. The Bertz CT molecular complexity index is 815. The van der Waals surface area contributed by atoms with E-state index in [9.17, 15) is 0 Å². The van der Waals surface area contributed by atoms with Gasteiger partial charge in [0.1, 0.15) is 11.6 Å². The van der Waals surface area contributed by atoms with E-state index in [2.05, 4.69) is 52.6 Å². The van der Waals surface area contributed by atoms with E-state index in [1.54, 1.807) is 7.11 Å². The van der Waals surface area contributed by atoms with E-state index in [-0.39, 0.29) is 0 Å². The monoisotopic (exact) mass is 395 g/mol. The molecule has 1 aliphatic heterocycles. The summed E-state index contributed by atoms with van der Waals surface area (Å²) in [4.78, 5) is 11.6. The molecule has 156 valence electrons. The zero-order chi connectivity index (χ0) is 20.5. The van der Waals surface area contributed by atoms with Gasteiger partial charge in [-0.1, -0.05) is 17.7 Å². The fourth-order valence-electron chi connectivity index (χ4n) is 3.61. The van der Waals surface area contributed by atoms with E-state index in [0.717, 1.165) is 50.1 Å². The van der Waals surface area contributed by atoms with Crippen molar-refractivity contribution in [3.63, 3.8) is 0 Å². The molecule has 0 bridgehead atoms. The van der Waals surface area contributed by atoms with Gasteiger partial charge in [-0.2, -0.15) is 0 Å². The second kappa shape index (κ2) is 10.7. The lowest BCUT2D eigenvalue weighted by molar-refractivity contribution is 0.409. The normalized spacial score (nSPS) is 14.2. The van der Waals surface area contributed by atoms with Gasteiger partial charge >= 0.3 is 0 Å². The number of hydrogen-bond acceptors (Lipinski definition) is 4. The smallest absolute Gasteiger partial charge is 0.191 e. The zero-order valence-electron chi connectivity index (χ0n) is 17.9. The molecule has 0 atom stereocenters. The molecular weight excluding hydrogens is 362 g/mol. The third kappa shape index (κ3) is 6.11. The van der Waals surface area contributed by atoms with Crippen LogP contribution in [0.1, 0.15) is 36.5 Å². The Morgan fingerprint density at radius 1 is 1.17 bits per heavy atom. The number of rotatable bonds is 8. The molecule has 29 heavy (non-hydrogen) atoms. The Balaban J connectivity index is 1.59. The molecule has 0 spiro atoms. The van der Waals surface area contributed by atoms with Gasteiger partial charge in [0.15, 0.2) is 5.96 Å². The van der Waals surface area contributed by atoms with Crippen LogP contribution in [-0.2, 0) is 13.0 Å². The van der Waals surface area contributed by atoms with Crippen LogP contribution in [0, 0.1) is 6.92 Å². The highest BCUT2D eigenvalue weighted by Crippen LogP contribution is 2.20. The number of pyridine rings is 1. The topological polar surface area (TPSA) is 61.8 Å². The first-order valence-corrected chi connectivity index (χ1v) is 10.5. The molecule has 1 aromatic heterocycles. The molecule has 0 unspecified atom stereocenters. The van der Waals surface area contributed by atoms with Gasteiger partial charge in [0.25, 0.3) is 0 Å². The zero-order valence-corrected chi connectivity index (χ0v) is 17.9. The van der Waals surface area contributed by atoms with Gasteiger partial charge in [-0.15, -0.1) is 0 Å². The Morgan fingerprint density at radius 2 is 2.00 bits per heavy atom. The van der Waals surface area contributed by atoms with Crippen molar-refractivity contribution in [3.05, 3.63) is 53.2 Å². The molecule has 1 saturated heterocycles. The number of guanidine groups is 1. The van der Waals surface area contributed by atoms with E-state index >= 15 is 0 Å². The predicted octanol–water partition coefficient (Wildman–Crippen LogP) is 3.30. The van der Waals surface area contributed by atoms with Crippen molar-refractivity contribution in [2.45, 2.75) is 39.7 Å². The third-order valence-corrected chi connectivity index (χ3v) is 5.13. The number of ether oxygens (including phenoxy) is 1. The molecule has 2 heterocycles. The number of hydrogen-bond donors (Lipinski definition) is 2. The first kappa shape index (κ1) is 21.0. The Kier molecular flexibility index (Phi) is 7.73. The molecule has 1 aromatic carbocycles. The number of methoxy groups -OCH3 is 1. The van der Waals surface area contributed by atoms with Gasteiger partial charge in [0, 0.05) is 32.4 Å². The summed E-state index contributed by atoms with van der Waals surface area (Å²) in [5.74, 6) is 2.84. The number of benzene rings is 1. The van der Waals surface area contributed by atoms with Crippen LogP contribution in [0.25, 0.3) is 0 Å². The van der Waals surface area contributed by atoms with Crippen molar-refractivity contribution in [2.75, 3.05) is 38.2 Å². The van der Waals surface area contributed by atoms with Crippen LogP contribution in [-0.4, -0.2) is 44.2 Å². The number of aromatic nitrogens is 1. The lowest BCUT2D eigenvalue weighted by Gasteiger charge is -2.17. The highest BCUT2D eigenvalue weighted by atomic mass is 16.5. The van der Waals surface area contributed by atoms with E-state index in [0.29, 0.717) is 6.54 Å². The van der Waals surface area contributed by atoms with Crippen LogP contribution >= 0.6 is 0 Å². The number of anilines is 1. The van der Waals surface area contributed by atoms with E-state index in [1.807, 2.05) is 18.3 Å². The minimum absolute atomic E-state index is 0.631. The summed E-state index contributed by atoms with van der Waals surface area (Å²) < 4.78 is 5.48. The van der Waals surface area contributed by atoms with Crippen molar-refractivity contribution in [1.82, 2.24) is 15.6 Å². The maximum atomic E-state index is 5.48. The van der Waals surface area contributed by atoms with Gasteiger partial charge in [-0.3, -0.25) is 0 Å². The van der Waals surface area contributed by atoms with E-state index < -0.39 is 0 Å². The summed E-state index contributed by atoms with van der Waals surface area (Å²) >= 11 is 0. The number of aliphatic imine (C=N–C) groups is 1. The van der Waals surface area contributed by atoms with Crippen molar-refractivity contribution in [1.29, 1.82) is 0 Å². The van der Waals surface area contributed by atoms with Crippen LogP contribution < -0.4 is 20.3 Å². The highest BCUT2D eigenvalue weighted by molar-refractivity contribution is 5.79. The van der Waals surface area contributed by atoms with Gasteiger partial charge in [-0.05, 0) is 62.4 Å². The Hall–Kier alpha value is -2.76. The van der Waals surface area contributed by atoms with Crippen molar-refractivity contribution in [2.24, 2.45) is 4.99 Å². The van der Waals surface area contributed by atoms with Crippen LogP contribution in [0.3, 0.4) is 0 Å². The van der Waals surface area contributed by atoms with Gasteiger partial charge in [0.05, 0.1) is 13.7 Å². The minimum atomic E-state index is 0.631. The quantitative estimate of drug-likeness (QED) is 0.530. The number of nitrogens with zero attached hydrogens (tertiary/aromatic N) is 3. The van der Waals surface area contributed by atoms with Crippen molar-refractivity contribution >= 4 is 11.8 Å². The molecule has 2 N–H and O–H groups in total. The van der Waals surface area contributed by atoms with E-state index in [1.165, 1.54) is 29.5 Å². The maximum Gasteiger partial charge on any atom is 0.191 e. The summed E-state index contributed by atoms with van der Waals surface area (Å²) in [5.41, 5.74) is 3.63. The number of nitrogens with one attached hydrogen (secondary N) is 2. The average molecular weight is 396 g/mol. The van der Waals surface area contributed by atoms with Gasteiger partial charge in [0.2, 0.25) is 0 Å². The number of aryl methyl sites for hydroxylation is 1. The molecule has 2 aromatic rings. The molecule has 0 saturated carbocycles. The Labute approximate surface area is 174 Å². The second-order valence-corrected chi connectivity index (χ2v) is 7.40. The molecule has 3 rings (SSSR count). The standard InChI is InChI=1S/C23H33N5O/c1-4-24-23(26-12-10-20-15-18(2)7-8-21(20)29-3)27-17-19-9-11-25-22(16-19)28-13-5-6-14-28/h7-9,11,15-16H,4-6,10,12-14,17H2,1-3H3,(H2,24,26,27). The Morgan fingerprint density at radius 3 is 2.76 bits per heavy atom. The molecule has 0 radical (unpaired) electrons. The molecule has 0 amide bonds.